The lowest BCUT2D eigenvalue weighted by atomic mass is 9.97. The number of benzene rings is 4. The fraction of sp³-hybridized carbons (Fsp3) is 0.278. The highest BCUT2D eigenvalue weighted by molar-refractivity contribution is 7.99. The molecule has 2 unspecified atom stereocenters. The summed E-state index contributed by atoms with van der Waals surface area (Å²) >= 11 is 1.67. The topological polar surface area (TPSA) is 154 Å². The van der Waals surface area contributed by atoms with Crippen molar-refractivity contribution in [2.45, 2.75) is 59.8 Å². The largest absolute Gasteiger partial charge is 0.453 e. The van der Waals surface area contributed by atoms with Crippen LogP contribution in [0.3, 0.4) is 0 Å². The summed E-state index contributed by atoms with van der Waals surface area (Å²) in [6.45, 7) is 0. The van der Waals surface area contributed by atoms with Crippen LogP contribution in [0.15, 0.2) is 119 Å². The van der Waals surface area contributed by atoms with Gasteiger partial charge in [-0.05, 0) is 74.2 Å². The Hall–Kier alpha value is -4.24. The van der Waals surface area contributed by atoms with Gasteiger partial charge in [-0.25, -0.2) is 9.78 Å². The van der Waals surface area contributed by atoms with E-state index in [1.165, 1.54) is 48.8 Å². The van der Waals surface area contributed by atoms with Crippen LogP contribution < -0.4 is 5.32 Å². The molecule has 4 N–H and O–H groups in total. The molecule has 2 aliphatic rings. The molecular formula is C36H40N4O7S2. The van der Waals surface area contributed by atoms with E-state index in [9.17, 15) is 4.79 Å². The lowest BCUT2D eigenvalue weighted by molar-refractivity contribution is -0.0426. The van der Waals surface area contributed by atoms with E-state index >= 15 is 0 Å². The quantitative estimate of drug-likeness (QED) is 0.124. The van der Waals surface area contributed by atoms with Crippen LogP contribution in [-0.2, 0) is 19.9 Å². The van der Waals surface area contributed by atoms with Gasteiger partial charge in [-0.3, -0.25) is 14.4 Å². The maximum absolute atomic E-state index is 11.2. The number of fused-ring (bicyclic) bond motifs is 3. The van der Waals surface area contributed by atoms with E-state index in [0.717, 1.165) is 15.9 Å². The molecule has 1 amide bonds. The van der Waals surface area contributed by atoms with Gasteiger partial charge in [-0.15, -0.1) is 0 Å². The molecule has 13 heteroatoms. The minimum Gasteiger partial charge on any atom is -0.453 e. The van der Waals surface area contributed by atoms with Crippen LogP contribution in [0.25, 0.3) is 11.0 Å². The molecule has 4 aromatic carbocycles. The molecule has 0 saturated carbocycles. The summed E-state index contributed by atoms with van der Waals surface area (Å²) in [4.78, 5) is 23.3. The molecular weight excluding hydrogens is 665 g/mol. The van der Waals surface area contributed by atoms with E-state index in [1.54, 1.807) is 11.8 Å². The molecule has 49 heavy (non-hydrogen) atoms. The van der Waals surface area contributed by atoms with Crippen molar-refractivity contribution in [2.75, 3.05) is 19.5 Å². The second kappa shape index (κ2) is 16.9. The molecule has 7 rings (SSSR count). The molecule has 2 fully saturated rings. The van der Waals surface area contributed by atoms with Gasteiger partial charge in [0.15, 0.2) is 0 Å². The third-order valence-electron chi connectivity index (χ3n) is 8.43. The third-order valence-corrected chi connectivity index (χ3v) is 9.42. The fourth-order valence-electron chi connectivity index (χ4n) is 6.15. The fourth-order valence-corrected chi connectivity index (χ4v) is 7.03. The molecule has 0 radical (unpaired) electrons. The molecule has 3 heterocycles. The molecule has 11 nitrogen and oxygen atoms in total. The minimum absolute atomic E-state index is 0.0465. The van der Waals surface area contributed by atoms with Crippen molar-refractivity contribution in [3.63, 3.8) is 0 Å². The van der Waals surface area contributed by atoms with E-state index < -0.39 is 16.5 Å². The minimum atomic E-state index is -4.67. The van der Waals surface area contributed by atoms with Crippen molar-refractivity contribution in [1.29, 1.82) is 0 Å². The Morgan fingerprint density at radius 3 is 1.94 bits per heavy atom. The molecule has 1 aromatic heterocycles. The number of imidazole rings is 1. The number of piperidine rings is 1. The van der Waals surface area contributed by atoms with Gasteiger partial charge in [0.25, 0.3) is 0 Å². The average Bonchev–Trinajstić information content (AvgIpc) is 3.57. The van der Waals surface area contributed by atoms with Crippen LogP contribution in [0.4, 0.5) is 10.7 Å². The predicted octanol–water partition coefficient (Wildman–Crippen LogP) is 7.66. The van der Waals surface area contributed by atoms with Gasteiger partial charge in [0.2, 0.25) is 5.95 Å². The number of nitrogens with one attached hydrogen (secondary N) is 2. The Labute approximate surface area is 290 Å². The number of carbonyl (C=O) groups excluding carboxylic acids is 1. The van der Waals surface area contributed by atoms with Gasteiger partial charge >= 0.3 is 16.5 Å². The summed E-state index contributed by atoms with van der Waals surface area (Å²) in [7, 11) is -1.07. The first-order valence-corrected chi connectivity index (χ1v) is 18.0. The predicted molar refractivity (Wildman–Crippen MR) is 190 cm³/mol. The van der Waals surface area contributed by atoms with Crippen LogP contribution in [0.2, 0.25) is 0 Å². The molecule has 2 bridgehead atoms. The average molecular weight is 705 g/mol. The number of anilines is 1. The summed E-state index contributed by atoms with van der Waals surface area (Å²) in [5.41, 5.74) is 4.16. The zero-order valence-electron chi connectivity index (χ0n) is 27.2. The Morgan fingerprint density at radius 2 is 1.41 bits per heavy atom. The maximum atomic E-state index is 11.2. The van der Waals surface area contributed by atoms with Crippen LogP contribution in [0, 0.1) is 0 Å². The summed E-state index contributed by atoms with van der Waals surface area (Å²) < 4.78 is 42.8. The molecule has 0 spiro atoms. The SMILES string of the molecule is CN1C2CCC1CC(OC(c1ccccc1)c1ccccc1)C2.COC(=O)Nc1nc2ccc(Sc3ccccc3)cc2[nH]1.O=S(=O)(O)O. The Morgan fingerprint density at radius 1 is 0.878 bits per heavy atom. The first-order valence-electron chi connectivity index (χ1n) is 15.8. The van der Waals surface area contributed by atoms with Gasteiger partial charge < -0.3 is 19.4 Å². The van der Waals surface area contributed by atoms with Gasteiger partial charge in [-0.1, -0.05) is 90.6 Å². The highest BCUT2D eigenvalue weighted by atomic mass is 32.3. The molecule has 2 saturated heterocycles. The van der Waals surface area contributed by atoms with Gasteiger partial charge in [0.05, 0.1) is 24.2 Å². The molecule has 5 aromatic rings. The maximum Gasteiger partial charge on any atom is 0.413 e. The van der Waals surface area contributed by atoms with Crippen LogP contribution in [0.1, 0.15) is 42.9 Å². The van der Waals surface area contributed by atoms with Gasteiger partial charge in [0.1, 0.15) is 6.10 Å². The Bertz CT molecular complexity index is 1830. The summed E-state index contributed by atoms with van der Waals surface area (Å²) in [5.74, 6) is 0.374. The number of carbonyl (C=O) groups is 1. The summed E-state index contributed by atoms with van der Waals surface area (Å²) in [6, 6.07) is 38.8. The number of hydrogen-bond acceptors (Lipinski definition) is 8. The second-order valence-electron chi connectivity index (χ2n) is 11.7. The molecule has 2 atom stereocenters. The number of aromatic nitrogens is 2. The van der Waals surface area contributed by atoms with Crippen molar-refractivity contribution in [3.05, 3.63) is 120 Å². The number of ether oxygens (including phenoxy) is 2. The highest BCUT2D eigenvalue weighted by Crippen LogP contribution is 2.38. The number of amides is 1. The second-order valence-corrected chi connectivity index (χ2v) is 13.8. The van der Waals surface area contributed by atoms with E-state index in [2.05, 4.69) is 105 Å². The first-order chi connectivity index (χ1) is 23.6. The number of hydrogen-bond donors (Lipinski definition) is 4. The van der Waals surface area contributed by atoms with Crippen LogP contribution >= 0.6 is 11.8 Å². The van der Waals surface area contributed by atoms with E-state index in [-0.39, 0.29) is 6.10 Å². The lowest BCUT2D eigenvalue weighted by Gasteiger charge is -2.38. The van der Waals surface area contributed by atoms with Crippen molar-refractivity contribution in [2.24, 2.45) is 0 Å². The lowest BCUT2D eigenvalue weighted by Crippen LogP contribution is -2.43. The van der Waals surface area contributed by atoms with Crippen molar-refractivity contribution < 1.29 is 31.8 Å². The van der Waals surface area contributed by atoms with Crippen LogP contribution in [-0.4, -0.2) is 70.8 Å². The van der Waals surface area contributed by atoms with Crippen LogP contribution in [0.5, 0.6) is 0 Å². The number of rotatable bonds is 7. The van der Waals surface area contributed by atoms with Crippen molar-refractivity contribution >= 4 is 45.2 Å². The molecule has 258 valence electrons. The number of nitrogens with zero attached hydrogens (tertiary/aromatic N) is 2. The van der Waals surface area contributed by atoms with Crippen molar-refractivity contribution in [1.82, 2.24) is 14.9 Å². The molecule has 0 aliphatic carbocycles. The van der Waals surface area contributed by atoms with E-state index in [4.69, 9.17) is 22.3 Å². The number of methoxy groups -OCH3 is 1. The van der Waals surface area contributed by atoms with Crippen molar-refractivity contribution in [3.8, 4) is 0 Å². The molecule has 2 aliphatic heterocycles. The monoisotopic (exact) mass is 704 g/mol. The van der Waals surface area contributed by atoms with Gasteiger partial charge in [0, 0.05) is 21.9 Å². The summed E-state index contributed by atoms with van der Waals surface area (Å²) in [5, 5.41) is 2.52. The Kier molecular flexibility index (Phi) is 12.5. The third kappa shape index (κ3) is 10.9. The highest BCUT2D eigenvalue weighted by Gasteiger charge is 2.39. The standard InChI is InChI=1S/C21H25NO.C15H13N3O2S.H2O4S/c1-22-18-12-13-19(22)15-20(14-18)23-21(16-8-4-2-5-9-16)17-10-6-3-7-11-17;1-20-15(19)18-14-16-12-8-7-11(9-13(12)17-14)21-10-5-3-2-4-6-10;1-5(2,3)4/h2-11,18-21H,12-15H2,1H3;2-9H,1H3,(H2,16,17,18,19);(H2,1,2,3,4). The number of H-pyrrole nitrogens is 1. The normalized spacial score (nSPS) is 18.6. The first kappa shape index (κ1) is 36.1. The smallest absolute Gasteiger partial charge is 0.413 e. The number of aromatic amines is 1. The summed E-state index contributed by atoms with van der Waals surface area (Å²) in [6.07, 6.45) is 4.88. The van der Waals surface area contributed by atoms with E-state index in [1.807, 2.05) is 36.4 Å². The zero-order valence-corrected chi connectivity index (χ0v) is 28.8. The Balaban J connectivity index is 0.000000169. The van der Waals surface area contributed by atoms with E-state index in [0.29, 0.717) is 24.1 Å². The van der Waals surface area contributed by atoms with Gasteiger partial charge in [-0.2, -0.15) is 8.42 Å². The zero-order chi connectivity index (χ0) is 34.8.